The lowest BCUT2D eigenvalue weighted by Gasteiger charge is -2.19. The van der Waals surface area contributed by atoms with Crippen molar-refractivity contribution in [3.05, 3.63) is 0 Å². The maximum atomic E-state index is 11.5. The number of aliphatic carboxylic acids is 1. The van der Waals surface area contributed by atoms with Crippen LogP contribution in [-0.4, -0.2) is 41.6 Å². The summed E-state index contributed by atoms with van der Waals surface area (Å²) < 4.78 is 0. The molecule has 0 radical (unpaired) electrons. The summed E-state index contributed by atoms with van der Waals surface area (Å²) >= 11 is 0. The Bertz CT molecular complexity index is 273. The smallest absolute Gasteiger partial charge is 0.317 e. The Kier molecular flexibility index (Phi) is 7.59. The molecule has 0 bridgehead atoms. The van der Waals surface area contributed by atoms with Crippen LogP contribution >= 0.6 is 0 Å². The highest BCUT2D eigenvalue weighted by molar-refractivity contribution is 5.74. The van der Waals surface area contributed by atoms with Gasteiger partial charge >= 0.3 is 12.0 Å². The molecular weight excluding hydrogens is 210 g/mol. The number of carboxylic acid groups (broad SMARTS) is 1. The molecule has 0 fully saturated rings. The third-order valence-electron chi connectivity index (χ3n) is 2.01. The van der Waals surface area contributed by atoms with Gasteiger partial charge in [-0.3, -0.25) is 4.79 Å². The summed E-state index contributed by atoms with van der Waals surface area (Å²) in [6, 6.07) is 1.72. The van der Waals surface area contributed by atoms with Crippen molar-refractivity contribution in [1.29, 1.82) is 5.26 Å². The molecule has 0 aromatic heterocycles. The first kappa shape index (κ1) is 14.2. The van der Waals surface area contributed by atoms with E-state index in [2.05, 4.69) is 5.32 Å². The molecule has 16 heavy (non-hydrogen) atoms. The van der Waals surface area contributed by atoms with E-state index >= 15 is 0 Å². The first-order chi connectivity index (χ1) is 7.61. The molecule has 6 nitrogen and oxygen atoms in total. The van der Waals surface area contributed by atoms with Gasteiger partial charge in [0, 0.05) is 26.1 Å². The van der Waals surface area contributed by atoms with Gasteiger partial charge in [0.05, 0.1) is 12.5 Å². The molecule has 0 rings (SSSR count). The largest absolute Gasteiger partial charge is 0.481 e. The predicted octanol–water partition coefficient (Wildman–Crippen LogP) is 0.796. The fourth-order valence-electron chi connectivity index (χ4n) is 1.13. The van der Waals surface area contributed by atoms with E-state index in [1.165, 1.54) is 4.90 Å². The van der Waals surface area contributed by atoms with Crippen LogP contribution in [0.1, 0.15) is 26.2 Å². The number of carbonyl (C=O) groups excluding carboxylic acids is 1. The van der Waals surface area contributed by atoms with E-state index < -0.39 is 5.97 Å². The fraction of sp³-hybridized carbons (Fsp3) is 0.700. The van der Waals surface area contributed by atoms with Crippen molar-refractivity contribution in [3.8, 4) is 6.07 Å². The standard InChI is InChI=1S/C10H17N3O3/c1-2-13(8-4-6-11)10(16)12-7-3-5-9(14)15/h2-5,7-8H2,1H3,(H,12,16)(H,14,15). The first-order valence-electron chi connectivity index (χ1n) is 5.23. The average molecular weight is 227 g/mol. The van der Waals surface area contributed by atoms with Gasteiger partial charge in [-0.2, -0.15) is 5.26 Å². The summed E-state index contributed by atoms with van der Waals surface area (Å²) in [4.78, 5) is 23.2. The Morgan fingerprint density at radius 1 is 1.50 bits per heavy atom. The van der Waals surface area contributed by atoms with Crippen LogP contribution in [0.3, 0.4) is 0 Å². The molecule has 0 spiro atoms. The van der Waals surface area contributed by atoms with Gasteiger partial charge in [-0.15, -0.1) is 0 Å². The lowest BCUT2D eigenvalue weighted by molar-refractivity contribution is -0.137. The fourth-order valence-corrected chi connectivity index (χ4v) is 1.13. The zero-order valence-corrected chi connectivity index (χ0v) is 9.40. The second-order valence-corrected chi connectivity index (χ2v) is 3.22. The van der Waals surface area contributed by atoms with Gasteiger partial charge in [-0.1, -0.05) is 0 Å². The lowest BCUT2D eigenvalue weighted by Crippen LogP contribution is -2.40. The monoisotopic (exact) mass is 227 g/mol. The summed E-state index contributed by atoms with van der Waals surface area (Å²) in [5.41, 5.74) is 0. The molecule has 0 atom stereocenters. The van der Waals surface area contributed by atoms with Gasteiger partial charge in [0.25, 0.3) is 0 Å². The van der Waals surface area contributed by atoms with Crippen molar-refractivity contribution in [2.24, 2.45) is 0 Å². The van der Waals surface area contributed by atoms with Crippen LogP contribution in [0, 0.1) is 11.3 Å². The number of urea groups is 1. The van der Waals surface area contributed by atoms with E-state index in [0.717, 1.165) is 0 Å². The second kappa shape index (κ2) is 8.53. The van der Waals surface area contributed by atoms with Crippen molar-refractivity contribution in [2.75, 3.05) is 19.6 Å². The number of nitrogens with zero attached hydrogens (tertiary/aromatic N) is 2. The van der Waals surface area contributed by atoms with Crippen LogP contribution in [0.2, 0.25) is 0 Å². The topological polar surface area (TPSA) is 93.4 Å². The molecule has 0 aliphatic carbocycles. The molecule has 0 aromatic carbocycles. The highest BCUT2D eigenvalue weighted by Crippen LogP contribution is 1.93. The zero-order chi connectivity index (χ0) is 12.4. The molecule has 0 saturated carbocycles. The Balaban J connectivity index is 3.75. The van der Waals surface area contributed by atoms with Crippen molar-refractivity contribution in [2.45, 2.75) is 26.2 Å². The summed E-state index contributed by atoms with van der Waals surface area (Å²) in [6.07, 6.45) is 0.762. The number of carbonyl (C=O) groups is 2. The molecule has 0 aromatic rings. The lowest BCUT2D eigenvalue weighted by atomic mass is 10.3. The Morgan fingerprint density at radius 3 is 2.69 bits per heavy atom. The van der Waals surface area contributed by atoms with Crippen LogP contribution < -0.4 is 5.32 Å². The Morgan fingerprint density at radius 2 is 2.19 bits per heavy atom. The summed E-state index contributed by atoms with van der Waals surface area (Å²) in [5, 5.41) is 19.4. The van der Waals surface area contributed by atoms with Crippen LogP contribution in [0.25, 0.3) is 0 Å². The maximum Gasteiger partial charge on any atom is 0.317 e. The first-order valence-corrected chi connectivity index (χ1v) is 5.23. The minimum atomic E-state index is -0.869. The van der Waals surface area contributed by atoms with E-state index in [9.17, 15) is 9.59 Å². The maximum absolute atomic E-state index is 11.5. The number of nitrogens with one attached hydrogen (secondary N) is 1. The van der Waals surface area contributed by atoms with Gasteiger partial charge in [0.2, 0.25) is 0 Å². The third kappa shape index (κ3) is 6.65. The number of carboxylic acids is 1. The van der Waals surface area contributed by atoms with Crippen molar-refractivity contribution in [1.82, 2.24) is 10.2 Å². The number of rotatable bonds is 7. The quantitative estimate of drug-likeness (QED) is 0.629. The van der Waals surface area contributed by atoms with Crippen molar-refractivity contribution >= 4 is 12.0 Å². The summed E-state index contributed by atoms with van der Waals surface area (Å²) in [5.74, 6) is -0.869. The molecule has 0 heterocycles. The number of nitriles is 1. The summed E-state index contributed by atoms with van der Waals surface area (Å²) in [6.45, 7) is 3.10. The highest BCUT2D eigenvalue weighted by atomic mass is 16.4. The van der Waals surface area contributed by atoms with E-state index in [1.54, 1.807) is 0 Å². The second-order valence-electron chi connectivity index (χ2n) is 3.22. The van der Waals surface area contributed by atoms with E-state index in [4.69, 9.17) is 10.4 Å². The van der Waals surface area contributed by atoms with Gasteiger partial charge in [-0.25, -0.2) is 4.79 Å². The Labute approximate surface area is 94.8 Å². The number of hydrogen-bond donors (Lipinski definition) is 2. The number of amides is 2. The van der Waals surface area contributed by atoms with Gasteiger partial charge in [0.1, 0.15) is 0 Å². The predicted molar refractivity (Wildman–Crippen MR) is 57.7 cm³/mol. The minimum absolute atomic E-state index is 0.0462. The molecule has 0 aliphatic heterocycles. The number of hydrogen-bond acceptors (Lipinski definition) is 3. The van der Waals surface area contributed by atoms with Crippen LogP contribution in [0.4, 0.5) is 4.79 Å². The van der Waals surface area contributed by atoms with Gasteiger partial charge < -0.3 is 15.3 Å². The molecule has 2 amide bonds. The molecular formula is C10H17N3O3. The van der Waals surface area contributed by atoms with E-state index in [0.29, 0.717) is 32.5 Å². The molecule has 0 aliphatic rings. The highest BCUT2D eigenvalue weighted by Gasteiger charge is 2.09. The molecule has 0 saturated heterocycles. The van der Waals surface area contributed by atoms with Gasteiger partial charge in [-0.05, 0) is 13.3 Å². The van der Waals surface area contributed by atoms with E-state index in [-0.39, 0.29) is 12.5 Å². The normalized spacial score (nSPS) is 9.25. The van der Waals surface area contributed by atoms with Gasteiger partial charge in [0.15, 0.2) is 0 Å². The minimum Gasteiger partial charge on any atom is -0.481 e. The average Bonchev–Trinajstić information content (AvgIpc) is 2.25. The Hall–Kier alpha value is -1.77. The third-order valence-corrected chi connectivity index (χ3v) is 2.01. The van der Waals surface area contributed by atoms with Crippen LogP contribution in [0.5, 0.6) is 0 Å². The van der Waals surface area contributed by atoms with Crippen LogP contribution in [-0.2, 0) is 4.79 Å². The van der Waals surface area contributed by atoms with E-state index in [1.807, 2.05) is 13.0 Å². The molecule has 2 N–H and O–H groups in total. The molecule has 0 unspecified atom stereocenters. The summed E-state index contributed by atoms with van der Waals surface area (Å²) in [7, 11) is 0. The molecule has 90 valence electrons. The molecule has 6 heteroatoms. The zero-order valence-electron chi connectivity index (χ0n) is 9.40. The van der Waals surface area contributed by atoms with Crippen molar-refractivity contribution in [3.63, 3.8) is 0 Å². The van der Waals surface area contributed by atoms with Crippen molar-refractivity contribution < 1.29 is 14.7 Å². The SMILES string of the molecule is CCN(CCC#N)C(=O)NCCCC(=O)O. The van der Waals surface area contributed by atoms with Crippen LogP contribution in [0.15, 0.2) is 0 Å².